The van der Waals surface area contributed by atoms with E-state index >= 15 is 0 Å². The van der Waals surface area contributed by atoms with Gasteiger partial charge in [-0.25, -0.2) is 4.79 Å². The first-order valence-electron chi connectivity index (χ1n) is 11.1. The van der Waals surface area contributed by atoms with Gasteiger partial charge in [-0.05, 0) is 39.2 Å². The summed E-state index contributed by atoms with van der Waals surface area (Å²) in [7, 11) is 1.98. The van der Waals surface area contributed by atoms with Gasteiger partial charge in [0.1, 0.15) is 5.82 Å². The highest BCUT2D eigenvalue weighted by molar-refractivity contribution is 5.97. The van der Waals surface area contributed by atoms with Crippen LogP contribution in [0.25, 0.3) is 0 Å². The second kappa shape index (κ2) is 9.61. The summed E-state index contributed by atoms with van der Waals surface area (Å²) in [5.74, 6) is 0.000148. The topological polar surface area (TPSA) is 104 Å². The molecule has 8 nitrogen and oxygen atoms in total. The molecule has 0 aliphatic heterocycles. The van der Waals surface area contributed by atoms with E-state index in [1.165, 1.54) is 17.4 Å². The zero-order valence-electron chi connectivity index (χ0n) is 17.8. The molecule has 0 radical (unpaired) electrons. The van der Waals surface area contributed by atoms with Gasteiger partial charge in [-0.2, -0.15) is 0 Å². The molecule has 0 aromatic carbocycles. The second-order valence-electron chi connectivity index (χ2n) is 8.55. The van der Waals surface area contributed by atoms with Crippen LogP contribution >= 0.6 is 0 Å². The van der Waals surface area contributed by atoms with Gasteiger partial charge in [0.05, 0.1) is 6.54 Å². The van der Waals surface area contributed by atoms with Crippen LogP contribution < -0.4 is 21.9 Å². The third kappa shape index (κ3) is 4.74. The van der Waals surface area contributed by atoms with Gasteiger partial charge in [-0.3, -0.25) is 24.0 Å². The molecule has 0 saturated heterocycles. The van der Waals surface area contributed by atoms with Crippen LogP contribution in [0.4, 0.5) is 11.5 Å². The van der Waals surface area contributed by atoms with Crippen molar-refractivity contribution in [1.29, 1.82) is 0 Å². The number of nitrogens with two attached hydrogens (primary N) is 1. The van der Waals surface area contributed by atoms with Crippen LogP contribution in [0, 0.1) is 0 Å². The molecule has 0 atom stereocenters. The van der Waals surface area contributed by atoms with E-state index in [-0.39, 0.29) is 30.0 Å². The first kappa shape index (κ1) is 21.6. The zero-order valence-corrected chi connectivity index (χ0v) is 17.8. The van der Waals surface area contributed by atoms with Gasteiger partial charge in [0, 0.05) is 18.6 Å². The largest absolute Gasteiger partial charge is 0.383 e. The number of aromatic nitrogens is 2. The van der Waals surface area contributed by atoms with Crippen molar-refractivity contribution in [2.75, 3.05) is 24.2 Å². The Hall–Kier alpha value is -2.09. The molecule has 2 aliphatic carbocycles. The number of rotatable bonds is 8. The Kier molecular flexibility index (Phi) is 7.16. The maximum atomic E-state index is 13.4. The molecule has 29 heavy (non-hydrogen) atoms. The van der Waals surface area contributed by atoms with Gasteiger partial charge in [-0.15, -0.1) is 0 Å². The Labute approximate surface area is 172 Å². The normalized spacial score (nSPS) is 18.0. The van der Waals surface area contributed by atoms with Crippen molar-refractivity contribution >= 4 is 17.4 Å². The Morgan fingerprint density at radius 2 is 1.69 bits per heavy atom. The van der Waals surface area contributed by atoms with E-state index in [2.05, 4.69) is 9.88 Å². The molecule has 1 amide bonds. The summed E-state index contributed by atoms with van der Waals surface area (Å²) in [4.78, 5) is 44.6. The number of anilines is 2. The summed E-state index contributed by atoms with van der Waals surface area (Å²) in [6.45, 7) is 2.72. The number of aromatic amines is 1. The predicted molar refractivity (Wildman–Crippen MR) is 115 cm³/mol. The highest BCUT2D eigenvalue weighted by Gasteiger charge is 2.34. The fourth-order valence-electron chi connectivity index (χ4n) is 4.79. The van der Waals surface area contributed by atoms with Crippen LogP contribution in [-0.2, 0) is 11.3 Å². The maximum absolute atomic E-state index is 13.4. The fraction of sp³-hybridized carbons (Fsp3) is 0.762. The molecule has 1 heterocycles. The van der Waals surface area contributed by atoms with E-state index in [0.717, 1.165) is 51.4 Å². The van der Waals surface area contributed by atoms with Gasteiger partial charge in [-0.1, -0.05) is 39.0 Å². The van der Waals surface area contributed by atoms with Crippen molar-refractivity contribution in [1.82, 2.24) is 14.5 Å². The molecular weight excluding hydrogens is 370 g/mol. The van der Waals surface area contributed by atoms with Crippen LogP contribution in [0.3, 0.4) is 0 Å². The number of amides is 1. The number of hydrogen-bond acceptors (Lipinski definition) is 5. The minimum absolute atomic E-state index is 0.0417. The Morgan fingerprint density at radius 1 is 1.10 bits per heavy atom. The summed E-state index contributed by atoms with van der Waals surface area (Å²) >= 11 is 0. The molecule has 0 bridgehead atoms. The van der Waals surface area contributed by atoms with E-state index in [4.69, 9.17) is 5.73 Å². The smallest absolute Gasteiger partial charge is 0.330 e. The predicted octanol–water partition coefficient (Wildman–Crippen LogP) is 2.07. The fourth-order valence-corrected chi connectivity index (χ4v) is 4.79. The van der Waals surface area contributed by atoms with Crippen LogP contribution in [0.2, 0.25) is 0 Å². The molecule has 2 fully saturated rings. The van der Waals surface area contributed by atoms with Crippen molar-refractivity contribution in [3.63, 3.8) is 0 Å². The van der Waals surface area contributed by atoms with Crippen molar-refractivity contribution < 1.29 is 4.79 Å². The minimum Gasteiger partial charge on any atom is -0.383 e. The Bertz CT molecular complexity index is 819. The third-order valence-corrected chi connectivity index (χ3v) is 6.48. The molecule has 2 aliphatic rings. The highest BCUT2D eigenvalue weighted by Crippen LogP contribution is 2.30. The number of carbonyl (C=O) groups excluding carboxylic acids is 1. The number of hydrogen-bond donors (Lipinski definition) is 2. The van der Waals surface area contributed by atoms with Crippen LogP contribution in [0.1, 0.15) is 71.1 Å². The number of likely N-dealkylation sites (N-methyl/N-ethyl adjacent to an activating group) is 1. The SMILES string of the molecule is CCCCn1c(N)c(N(C(=O)CN(C)C2CCCC2)C2CCCC2)c(=O)[nH]c1=O. The lowest BCUT2D eigenvalue weighted by Gasteiger charge is -2.32. The van der Waals surface area contributed by atoms with E-state index in [1.807, 2.05) is 14.0 Å². The van der Waals surface area contributed by atoms with Gasteiger partial charge in [0.25, 0.3) is 5.56 Å². The van der Waals surface area contributed by atoms with Crippen LogP contribution in [0.5, 0.6) is 0 Å². The van der Waals surface area contributed by atoms with E-state index in [1.54, 1.807) is 4.90 Å². The van der Waals surface area contributed by atoms with Crippen molar-refractivity contribution in [2.45, 2.75) is 89.8 Å². The van der Waals surface area contributed by atoms with Gasteiger partial charge in [0.15, 0.2) is 5.69 Å². The molecular formula is C21H35N5O3. The Morgan fingerprint density at radius 3 is 2.28 bits per heavy atom. The number of nitrogen functional groups attached to an aromatic ring is 1. The molecule has 8 heteroatoms. The molecule has 3 N–H and O–H groups in total. The van der Waals surface area contributed by atoms with Gasteiger partial charge < -0.3 is 10.6 Å². The van der Waals surface area contributed by atoms with Crippen molar-refractivity contribution in [3.8, 4) is 0 Å². The third-order valence-electron chi connectivity index (χ3n) is 6.48. The maximum Gasteiger partial charge on any atom is 0.330 e. The summed E-state index contributed by atoms with van der Waals surface area (Å²) in [6, 6.07) is 0.374. The van der Waals surface area contributed by atoms with Crippen LogP contribution in [-0.4, -0.2) is 46.0 Å². The molecule has 0 unspecified atom stereocenters. The number of unbranched alkanes of at least 4 members (excludes halogenated alkanes) is 1. The van der Waals surface area contributed by atoms with Gasteiger partial charge >= 0.3 is 5.69 Å². The summed E-state index contributed by atoms with van der Waals surface area (Å²) in [6.07, 6.45) is 10.1. The zero-order chi connectivity index (χ0) is 21.0. The molecule has 3 rings (SSSR count). The Balaban J connectivity index is 1.95. The summed E-state index contributed by atoms with van der Waals surface area (Å²) in [5, 5.41) is 0. The number of H-pyrrole nitrogens is 1. The first-order valence-corrected chi connectivity index (χ1v) is 11.1. The molecule has 162 valence electrons. The first-order chi connectivity index (χ1) is 13.9. The standard InChI is InChI=1S/C21H35N5O3/c1-3-4-13-25-19(22)18(20(28)23-21(25)29)26(16-11-7-8-12-16)17(27)14-24(2)15-9-5-6-10-15/h15-16H,3-14,22H2,1-2H3,(H,23,28,29). The monoisotopic (exact) mass is 405 g/mol. The minimum atomic E-state index is -0.566. The van der Waals surface area contributed by atoms with E-state index in [0.29, 0.717) is 12.6 Å². The lowest BCUT2D eigenvalue weighted by Crippen LogP contribution is -2.49. The summed E-state index contributed by atoms with van der Waals surface area (Å²) in [5.41, 5.74) is 5.40. The number of carbonyl (C=O) groups is 1. The quantitative estimate of drug-likeness (QED) is 0.689. The van der Waals surface area contributed by atoms with Crippen molar-refractivity contribution in [3.05, 3.63) is 20.8 Å². The molecule has 0 spiro atoms. The van der Waals surface area contributed by atoms with Crippen molar-refractivity contribution in [2.24, 2.45) is 0 Å². The lowest BCUT2D eigenvalue weighted by atomic mass is 10.1. The lowest BCUT2D eigenvalue weighted by molar-refractivity contribution is -0.120. The number of nitrogens with one attached hydrogen (secondary N) is 1. The van der Waals surface area contributed by atoms with E-state index < -0.39 is 11.2 Å². The highest BCUT2D eigenvalue weighted by atomic mass is 16.2. The average molecular weight is 406 g/mol. The van der Waals surface area contributed by atoms with Crippen LogP contribution in [0.15, 0.2) is 9.59 Å². The molecule has 1 aromatic rings. The molecule has 1 aromatic heterocycles. The second-order valence-corrected chi connectivity index (χ2v) is 8.55. The molecule has 2 saturated carbocycles. The summed E-state index contributed by atoms with van der Waals surface area (Å²) < 4.78 is 1.40. The number of nitrogens with zero attached hydrogens (tertiary/aromatic N) is 3. The van der Waals surface area contributed by atoms with Gasteiger partial charge in [0.2, 0.25) is 5.91 Å². The van der Waals surface area contributed by atoms with E-state index in [9.17, 15) is 14.4 Å². The average Bonchev–Trinajstić information content (AvgIpc) is 3.38.